The van der Waals surface area contributed by atoms with Crippen LogP contribution in [0.2, 0.25) is 0 Å². The van der Waals surface area contributed by atoms with Crippen LogP contribution >= 0.6 is 0 Å². The molecule has 0 aromatic rings. The van der Waals surface area contributed by atoms with Crippen LogP contribution in [0.3, 0.4) is 0 Å². The quantitative estimate of drug-likeness (QED) is 0.787. The van der Waals surface area contributed by atoms with Crippen molar-refractivity contribution in [3.63, 3.8) is 0 Å². The standard InChI is InChI=1S/C17H27F3N2O3/c1-5-16(6-2)13(10(3)14(16)25-4)21-15(24)11-7-12(23)22(8-11)9-17(18,19)20/h10-11,13-14H,5-9H2,1-4H3,(H,21,24). The largest absolute Gasteiger partial charge is 0.406 e. The van der Waals surface area contributed by atoms with E-state index in [0.717, 1.165) is 17.7 Å². The highest BCUT2D eigenvalue weighted by molar-refractivity contribution is 5.89. The smallest absolute Gasteiger partial charge is 0.380 e. The summed E-state index contributed by atoms with van der Waals surface area (Å²) < 4.78 is 43.1. The molecule has 0 radical (unpaired) electrons. The summed E-state index contributed by atoms with van der Waals surface area (Å²) in [6.07, 6.45) is -2.90. The van der Waals surface area contributed by atoms with E-state index in [4.69, 9.17) is 4.74 Å². The predicted molar refractivity (Wildman–Crippen MR) is 85.6 cm³/mol. The fourth-order valence-corrected chi connectivity index (χ4v) is 4.69. The molecule has 1 saturated heterocycles. The average Bonchev–Trinajstić information content (AvgIpc) is 2.88. The minimum atomic E-state index is -4.45. The molecule has 2 aliphatic rings. The first-order chi connectivity index (χ1) is 11.6. The Morgan fingerprint density at radius 1 is 1.36 bits per heavy atom. The lowest BCUT2D eigenvalue weighted by molar-refractivity contribution is -0.173. The van der Waals surface area contributed by atoms with Crippen LogP contribution in [-0.2, 0) is 14.3 Å². The highest BCUT2D eigenvalue weighted by atomic mass is 19.4. The number of nitrogens with one attached hydrogen (secondary N) is 1. The molecule has 0 aromatic heterocycles. The van der Waals surface area contributed by atoms with Gasteiger partial charge in [0.15, 0.2) is 0 Å². The summed E-state index contributed by atoms with van der Waals surface area (Å²) >= 11 is 0. The maximum atomic E-state index is 12.6. The van der Waals surface area contributed by atoms with Crippen LogP contribution in [0, 0.1) is 17.3 Å². The summed E-state index contributed by atoms with van der Waals surface area (Å²) in [4.78, 5) is 25.0. The van der Waals surface area contributed by atoms with Crippen LogP contribution in [0.5, 0.6) is 0 Å². The number of alkyl halides is 3. The van der Waals surface area contributed by atoms with Gasteiger partial charge < -0.3 is 15.0 Å². The van der Waals surface area contributed by atoms with Crippen LogP contribution in [0.4, 0.5) is 13.2 Å². The number of hydrogen-bond acceptors (Lipinski definition) is 3. The van der Waals surface area contributed by atoms with Gasteiger partial charge in [-0.25, -0.2) is 0 Å². The minimum Gasteiger partial charge on any atom is -0.380 e. The summed E-state index contributed by atoms with van der Waals surface area (Å²) in [6.45, 7) is 4.62. The van der Waals surface area contributed by atoms with Crippen molar-refractivity contribution in [1.29, 1.82) is 0 Å². The first kappa shape index (κ1) is 20.0. The number of amides is 2. The molecule has 25 heavy (non-hydrogen) atoms. The lowest BCUT2D eigenvalue weighted by atomic mass is 9.53. The van der Waals surface area contributed by atoms with Gasteiger partial charge in [-0.3, -0.25) is 9.59 Å². The van der Waals surface area contributed by atoms with Gasteiger partial charge in [-0.2, -0.15) is 13.2 Å². The Balaban J connectivity index is 2.02. The summed E-state index contributed by atoms with van der Waals surface area (Å²) in [5.74, 6) is -1.56. The lowest BCUT2D eigenvalue weighted by Crippen LogP contribution is -2.70. The number of carbonyl (C=O) groups is 2. The van der Waals surface area contributed by atoms with Crippen LogP contribution in [-0.4, -0.2) is 55.2 Å². The van der Waals surface area contributed by atoms with Gasteiger partial charge in [0.2, 0.25) is 11.8 Å². The number of rotatable bonds is 6. The SMILES string of the molecule is CCC1(CC)C(NC(=O)C2CC(=O)N(CC(F)(F)F)C2)C(C)C1OC. The molecule has 1 saturated carbocycles. The molecule has 1 N–H and O–H groups in total. The molecule has 2 fully saturated rings. The van der Waals surface area contributed by atoms with E-state index in [1.165, 1.54) is 0 Å². The summed E-state index contributed by atoms with van der Waals surface area (Å²) in [5.41, 5.74) is -0.169. The van der Waals surface area contributed by atoms with Crippen LogP contribution in [0.15, 0.2) is 0 Å². The average molecular weight is 364 g/mol. The molecule has 2 amide bonds. The molecule has 0 bridgehead atoms. The molecule has 4 atom stereocenters. The van der Waals surface area contributed by atoms with Gasteiger partial charge in [-0.1, -0.05) is 20.8 Å². The molecular formula is C17H27F3N2O3. The van der Waals surface area contributed by atoms with Gasteiger partial charge in [0, 0.05) is 37.5 Å². The molecule has 1 heterocycles. The zero-order chi connectivity index (χ0) is 19.0. The van der Waals surface area contributed by atoms with Crippen molar-refractivity contribution in [2.75, 3.05) is 20.2 Å². The third-order valence-electron chi connectivity index (χ3n) is 6.01. The van der Waals surface area contributed by atoms with Gasteiger partial charge in [0.25, 0.3) is 0 Å². The van der Waals surface area contributed by atoms with Gasteiger partial charge >= 0.3 is 6.18 Å². The van der Waals surface area contributed by atoms with Gasteiger partial charge in [0.05, 0.1) is 12.0 Å². The van der Waals surface area contributed by atoms with E-state index in [9.17, 15) is 22.8 Å². The maximum absolute atomic E-state index is 12.6. The van der Waals surface area contributed by atoms with Crippen LogP contribution < -0.4 is 5.32 Å². The van der Waals surface area contributed by atoms with Crippen molar-refractivity contribution in [1.82, 2.24) is 10.2 Å². The first-order valence-corrected chi connectivity index (χ1v) is 8.77. The number of likely N-dealkylation sites (tertiary alicyclic amines) is 1. The van der Waals surface area contributed by atoms with Crippen molar-refractivity contribution < 1.29 is 27.5 Å². The summed E-state index contributed by atoms with van der Waals surface area (Å²) in [6, 6.07) is -0.0910. The molecule has 4 unspecified atom stereocenters. The van der Waals surface area contributed by atoms with Crippen LogP contribution in [0.1, 0.15) is 40.0 Å². The second-order valence-corrected chi connectivity index (χ2v) is 7.23. The second kappa shape index (κ2) is 7.13. The molecule has 0 spiro atoms. The van der Waals surface area contributed by atoms with Crippen molar-refractivity contribution in [3.8, 4) is 0 Å². The Kier molecular flexibility index (Phi) is 5.71. The zero-order valence-electron chi connectivity index (χ0n) is 15.2. The molecule has 5 nitrogen and oxygen atoms in total. The molecule has 1 aliphatic heterocycles. The van der Waals surface area contributed by atoms with Crippen molar-refractivity contribution in [2.45, 2.75) is 58.4 Å². The van der Waals surface area contributed by atoms with E-state index in [1.54, 1.807) is 7.11 Å². The topological polar surface area (TPSA) is 58.6 Å². The highest BCUT2D eigenvalue weighted by Crippen LogP contribution is 2.52. The number of halogens is 3. The maximum Gasteiger partial charge on any atom is 0.406 e. The molecular weight excluding hydrogens is 337 g/mol. The number of carbonyl (C=O) groups excluding carboxylic acids is 2. The number of methoxy groups -OCH3 is 1. The van der Waals surface area contributed by atoms with Gasteiger partial charge in [0.1, 0.15) is 6.54 Å². The van der Waals surface area contributed by atoms with Crippen molar-refractivity contribution in [3.05, 3.63) is 0 Å². The lowest BCUT2D eigenvalue weighted by Gasteiger charge is -2.59. The van der Waals surface area contributed by atoms with E-state index < -0.39 is 24.5 Å². The number of hydrogen-bond donors (Lipinski definition) is 1. The minimum absolute atomic E-state index is 0.0414. The molecule has 8 heteroatoms. The molecule has 2 rings (SSSR count). The monoisotopic (exact) mass is 364 g/mol. The van der Waals surface area contributed by atoms with Crippen molar-refractivity contribution in [2.24, 2.45) is 17.3 Å². The predicted octanol–water partition coefficient (Wildman–Crippen LogP) is 2.35. The normalized spacial score (nSPS) is 31.8. The second-order valence-electron chi connectivity index (χ2n) is 7.23. The van der Waals surface area contributed by atoms with Gasteiger partial charge in [-0.05, 0) is 12.8 Å². The highest BCUT2D eigenvalue weighted by Gasteiger charge is 2.59. The molecule has 0 aromatic carbocycles. The molecule has 144 valence electrons. The Bertz CT molecular complexity index is 520. The third-order valence-corrected chi connectivity index (χ3v) is 6.01. The van der Waals surface area contributed by atoms with Gasteiger partial charge in [-0.15, -0.1) is 0 Å². The van der Waals surface area contributed by atoms with E-state index in [0.29, 0.717) is 0 Å². The Morgan fingerprint density at radius 2 is 1.96 bits per heavy atom. The third kappa shape index (κ3) is 3.64. The van der Waals surface area contributed by atoms with Crippen LogP contribution in [0.25, 0.3) is 0 Å². The van der Waals surface area contributed by atoms with E-state index in [1.807, 2.05) is 20.8 Å². The summed E-state index contributed by atoms with van der Waals surface area (Å²) in [7, 11) is 1.66. The fourth-order valence-electron chi connectivity index (χ4n) is 4.69. The van der Waals surface area contributed by atoms with Crippen molar-refractivity contribution >= 4 is 11.8 Å². The first-order valence-electron chi connectivity index (χ1n) is 8.77. The zero-order valence-corrected chi connectivity index (χ0v) is 15.2. The molecule has 1 aliphatic carbocycles. The van der Waals surface area contributed by atoms with E-state index in [2.05, 4.69) is 5.32 Å². The Hall–Kier alpha value is -1.31. The number of ether oxygens (including phenoxy) is 1. The van der Waals surface area contributed by atoms with E-state index in [-0.39, 0.29) is 42.4 Å². The Morgan fingerprint density at radius 3 is 2.44 bits per heavy atom. The van der Waals surface area contributed by atoms with E-state index >= 15 is 0 Å². The Labute approximate surface area is 146 Å². The summed E-state index contributed by atoms with van der Waals surface area (Å²) in [5, 5.41) is 2.99. The fraction of sp³-hybridized carbons (Fsp3) is 0.882. The number of nitrogens with zero attached hydrogens (tertiary/aromatic N) is 1.